The SMILES string of the molecule is C=C/C=C(\C=C(C)C)c1ccc(CO)cc1.CP=O. The molecule has 0 radical (unpaired) electrons. The van der Waals surface area contributed by atoms with Crippen LogP contribution < -0.4 is 0 Å². The summed E-state index contributed by atoms with van der Waals surface area (Å²) in [5, 5.41) is 8.97. The van der Waals surface area contributed by atoms with E-state index in [1.807, 2.05) is 30.3 Å². The average Bonchev–Trinajstić information content (AvgIpc) is 2.39. The van der Waals surface area contributed by atoms with Crippen LogP contribution in [-0.4, -0.2) is 11.8 Å². The van der Waals surface area contributed by atoms with Gasteiger partial charge in [-0.2, -0.15) is 0 Å². The van der Waals surface area contributed by atoms with Gasteiger partial charge in [-0.15, -0.1) is 0 Å². The molecule has 0 amide bonds. The maximum atomic E-state index is 8.97. The van der Waals surface area contributed by atoms with Crippen molar-refractivity contribution in [2.24, 2.45) is 0 Å². The van der Waals surface area contributed by atoms with Crippen LogP contribution in [0.2, 0.25) is 0 Å². The molecule has 0 atom stereocenters. The maximum Gasteiger partial charge on any atom is 0.151 e. The number of hydrogen-bond acceptors (Lipinski definition) is 2. The molecule has 0 saturated heterocycles. The highest BCUT2D eigenvalue weighted by atomic mass is 31.1. The molecule has 0 fully saturated rings. The first-order valence-corrected chi connectivity index (χ1v) is 7.24. The minimum atomic E-state index is 0.0867. The van der Waals surface area contributed by atoms with E-state index in [1.165, 1.54) is 5.57 Å². The van der Waals surface area contributed by atoms with Crippen molar-refractivity contribution >= 4 is 14.0 Å². The second kappa shape index (κ2) is 10.4. The molecule has 0 aliphatic rings. The van der Waals surface area contributed by atoms with Crippen LogP contribution in [0.5, 0.6) is 0 Å². The molecule has 3 heteroatoms. The zero-order valence-corrected chi connectivity index (χ0v) is 12.7. The highest BCUT2D eigenvalue weighted by Crippen LogP contribution is 2.18. The van der Waals surface area contributed by atoms with Crippen molar-refractivity contribution < 1.29 is 9.67 Å². The first-order valence-electron chi connectivity index (χ1n) is 5.98. The zero-order chi connectivity index (χ0) is 14.7. The third-order valence-electron chi connectivity index (χ3n) is 2.21. The summed E-state index contributed by atoms with van der Waals surface area (Å²) in [5.74, 6) is 0. The van der Waals surface area contributed by atoms with Gasteiger partial charge in [-0.1, -0.05) is 54.6 Å². The Morgan fingerprint density at radius 2 is 1.84 bits per heavy atom. The maximum absolute atomic E-state index is 8.97. The van der Waals surface area contributed by atoms with Crippen molar-refractivity contribution in [3.8, 4) is 0 Å². The van der Waals surface area contributed by atoms with Crippen molar-refractivity contribution in [3.63, 3.8) is 0 Å². The van der Waals surface area contributed by atoms with Gasteiger partial charge in [0.05, 0.1) is 6.61 Å². The third kappa shape index (κ3) is 7.50. The van der Waals surface area contributed by atoms with E-state index >= 15 is 0 Å². The fourth-order valence-corrected chi connectivity index (χ4v) is 1.47. The van der Waals surface area contributed by atoms with Gasteiger partial charge < -0.3 is 5.11 Å². The highest BCUT2D eigenvalue weighted by molar-refractivity contribution is 7.22. The van der Waals surface area contributed by atoms with E-state index in [4.69, 9.17) is 9.67 Å². The van der Waals surface area contributed by atoms with E-state index in [-0.39, 0.29) is 15.1 Å². The monoisotopic (exact) mass is 276 g/mol. The van der Waals surface area contributed by atoms with Crippen LogP contribution in [0.3, 0.4) is 0 Å². The molecular formula is C16H21O2P. The number of aliphatic hydroxyl groups is 1. The molecule has 0 unspecified atom stereocenters. The van der Waals surface area contributed by atoms with Crippen molar-refractivity contribution in [1.82, 2.24) is 0 Å². The van der Waals surface area contributed by atoms with Crippen LogP contribution in [0.4, 0.5) is 0 Å². The molecule has 0 aromatic heterocycles. The summed E-state index contributed by atoms with van der Waals surface area (Å²) >= 11 is 0. The Kier molecular flexibility index (Phi) is 9.60. The van der Waals surface area contributed by atoms with E-state index in [9.17, 15) is 0 Å². The van der Waals surface area contributed by atoms with Crippen LogP contribution in [0.25, 0.3) is 5.57 Å². The smallest absolute Gasteiger partial charge is 0.151 e. The second-order valence-corrected chi connectivity index (χ2v) is 4.48. The Bertz CT molecular complexity index is 452. The molecule has 1 aromatic carbocycles. The van der Waals surface area contributed by atoms with Crippen molar-refractivity contribution in [2.45, 2.75) is 20.5 Å². The quantitative estimate of drug-likeness (QED) is 0.643. The summed E-state index contributed by atoms with van der Waals surface area (Å²) in [4.78, 5) is 0. The van der Waals surface area contributed by atoms with Crippen molar-refractivity contribution in [2.75, 3.05) is 6.66 Å². The molecule has 0 spiro atoms. The number of hydrogen-bond donors (Lipinski definition) is 1. The molecule has 102 valence electrons. The molecule has 1 rings (SSSR count). The summed E-state index contributed by atoms with van der Waals surface area (Å²) in [5.41, 5.74) is 4.45. The molecule has 1 N–H and O–H groups in total. The minimum Gasteiger partial charge on any atom is -0.392 e. The Hall–Kier alpha value is -1.50. The number of benzene rings is 1. The van der Waals surface area contributed by atoms with Crippen LogP contribution in [0.1, 0.15) is 25.0 Å². The molecule has 1 aromatic rings. The molecular weight excluding hydrogens is 255 g/mol. The van der Waals surface area contributed by atoms with E-state index < -0.39 is 0 Å². The summed E-state index contributed by atoms with van der Waals surface area (Å²) in [6.45, 7) is 9.49. The first-order chi connectivity index (χ1) is 9.08. The fourth-order valence-electron chi connectivity index (χ4n) is 1.47. The standard InChI is InChI=1S/C15H18O.CH3OP/c1-4-5-15(10-12(2)3)14-8-6-13(11-16)7-9-14;1-3-2/h4-10,16H,1,11H2,2-3H3;1H3/b15-5+;. The van der Waals surface area contributed by atoms with Crippen LogP contribution >= 0.6 is 8.46 Å². The molecule has 0 saturated carbocycles. The molecule has 2 nitrogen and oxygen atoms in total. The topological polar surface area (TPSA) is 37.3 Å². The van der Waals surface area contributed by atoms with Gasteiger partial charge in [0.15, 0.2) is 8.46 Å². The van der Waals surface area contributed by atoms with E-state index in [2.05, 4.69) is 26.5 Å². The van der Waals surface area contributed by atoms with Crippen LogP contribution in [0, 0.1) is 0 Å². The third-order valence-corrected chi connectivity index (χ3v) is 2.21. The number of aliphatic hydroxyl groups excluding tert-OH is 1. The van der Waals surface area contributed by atoms with Gasteiger partial charge in [-0.05, 0) is 30.5 Å². The fraction of sp³-hybridized carbons (Fsp3) is 0.250. The van der Waals surface area contributed by atoms with Gasteiger partial charge in [-0.3, -0.25) is 4.57 Å². The van der Waals surface area contributed by atoms with E-state index in [1.54, 1.807) is 12.7 Å². The minimum absolute atomic E-state index is 0.0867. The van der Waals surface area contributed by atoms with Gasteiger partial charge in [0, 0.05) is 6.66 Å². The lowest BCUT2D eigenvalue weighted by Crippen LogP contribution is -1.85. The number of allylic oxidation sites excluding steroid dienone is 5. The normalized spacial score (nSPS) is 10.4. The second-order valence-electron chi connectivity index (χ2n) is 4.12. The van der Waals surface area contributed by atoms with Gasteiger partial charge in [0.1, 0.15) is 0 Å². The van der Waals surface area contributed by atoms with Crippen molar-refractivity contribution in [1.29, 1.82) is 0 Å². The van der Waals surface area contributed by atoms with Gasteiger partial charge >= 0.3 is 0 Å². The largest absolute Gasteiger partial charge is 0.392 e. The number of rotatable bonds is 4. The Balaban J connectivity index is 0.000000982. The van der Waals surface area contributed by atoms with Gasteiger partial charge in [0.2, 0.25) is 0 Å². The zero-order valence-electron chi connectivity index (χ0n) is 11.8. The predicted octanol–water partition coefficient (Wildman–Crippen LogP) is 4.62. The summed E-state index contributed by atoms with van der Waals surface area (Å²) in [7, 11) is 0.167. The first kappa shape index (κ1) is 17.5. The summed E-state index contributed by atoms with van der Waals surface area (Å²) < 4.78 is 8.90. The molecule has 0 heterocycles. The summed E-state index contributed by atoms with van der Waals surface area (Å²) in [6, 6.07) is 7.90. The van der Waals surface area contributed by atoms with Crippen molar-refractivity contribution in [3.05, 3.63) is 65.8 Å². The van der Waals surface area contributed by atoms with Crippen LogP contribution in [0.15, 0.2) is 54.6 Å². The Labute approximate surface area is 117 Å². The van der Waals surface area contributed by atoms with E-state index in [0.717, 1.165) is 16.7 Å². The Morgan fingerprint density at radius 3 is 2.21 bits per heavy atom. The highest BCUT2D eigenvalue weighted by Gasteiger charge is 1.98. The predicted molar refractivity (Wildman–Crippen MR) is 83.5 cm³/mol. The van der Waals surface area contributed by atoms with Gasteiger partial charge in [-0.25, -0.2) is 0 Å². The van der Waals surface area contributed by atoms with E-state index in [0.29, 0.717) is 0 Å². The lowest BCUT2D eigenvalue weighted by molar-refractivity contribution is 0.282. The molecule has 0 bridgehead atoms. The average molecular weight is 276 g/mol. The molecule has 0 aliphatic heterocycles. The lowest BCUT2D eigenvalue weighted by atomic mass is 10.0. The Morgan fingerprint density at radius 1 is 1.32 bits per heavy atom. The molecule has 19 heavy (non-hydrogen) atoms. The lowest BCUT2D eigenvalue weighted by Gasteiger charge is -2.04. The molecule has 0 aliphatic carbocycles. The van der Waals surface area contributed by atoms with Crippen LogP contribution in [-0.2, 0) is 11.2 Å². The van der Waals surface area contributed by atoms with Gasteiger partial charge in [0.25, 0.3) is 0 Å². The summed E-state index contributed by atoms with van der Waals surface area (Å²) in [6.07, 6.45) is 5.89.